The molecule has 8 nitrogen and oxygen atoms in total. The highest BCUT2D eigenvalue weighted by Gasteiger charge is 2.12. The maximum Gasteiger partial charge on any atom is 0.440 e. The number of rotatable bonds is 5. The number of benzene rings is 1. The van der Waals surface area contributed by atoms with Gasteiger partial charge in [0.25, 0.3) is 0 Å². The van der Waals surface area contributed by atoms with Crippen molar-refractivity contribution in [3.05, 3.63) is 35.4 Å². The SMILES string of the molecule is CCOC(=O)NOC(=O)c1ccc(C(=O)OCCO)cc1. The standard InChI is InChI=1S/C13H15NO7/c1-2-19-13(18)14-21-12(17)10-5-3-9(4-6-10)11(16)20-8-7-15/h3-6,15H,2,7-8H2,1H3,(H,14,18). The molecule has 0 heterocycles. The second kappa shape index (κ2) is 8.54. The second-order valence-electron chi connectivity index (χ2n) is 3.65. The zero-order valence-electron chi connectivity index (χ0n) is 11.3. The minimum absolute atomic E-state index is 0.105. The summed E-state index contributed by atoms with van der Waals surface area (Å²) >= 11 is 0. The lowest BCUT2D eigenvalue weighted by Gasteiger charge is -2.06. The van der Waals surface area contributed by atoms with Crippen LogP contribution in [0.15, 0.2) is 24.3 Å². The van der Waals surface area contributed by atoms with E-state index in [2.05, 4.69) is 9.57 Å². The van der Waals surface area contributed by atoms with E-state index in [-0.39, 0.29) is 30.9 Å². The van der Waals surface area contributed by atoms with Gasteiger partial charge in [-0.1, -0.05) is 0 Å². The maximum atomic E-state index is 11.6. The van der Waals surface area contributed by atoms with Crippen LogP contribution < -0.4 is 5.48 Å². The third-order valence-electron chi connectivity index (χ3n) is 2.18. The fourth-order valence-corrected chi connectivity index (χ4v) is 1.27. The van der Waals surface area contributed by atoms with E-state index in [4.69, 9.17) is 9.84 Å². The molecule has 0 atom stereocenters. The Kier molecular flexibility index (Phi) is 6.69. The Morgan fingerprint density at radius 1 is 1.05 bits per heavy atom. The number of esters is 1. The van der Waals surface area contributed by atoms with E-state index in [1.165, 1.54) is 24.3 Å². The van der Waals surface area contributed by atoms with Gasteiger partial charge in [0.15, 0.2) is 0 Å². The molecule has 1 amide bonds. The molecule has 0 radical (unpaired) electrons. The van der Waals surface area contributed by atoms with E-state index < -0.39 is 18.0 Å². The molecule has 8 heteroatoms. The number of hydrogen-bond donors (Lipinski definition) is 2. The predicted molar refractivity (Wildman–Crippen MR) is 69.4 cm³/mol. The number of hydroxylamine groups is 1. The molecule has 0 aliphatic rings. The van der Waals surface area contributed by atoms with Crippen LogP contribution in [-0.4, -0.2) is 43.0 Å². The number of amides is 1. The number of aliphatic hydroxyl groups excluding tert-OH is 1. The summed E-state index contributed by atoms with van der Waals surface area (Å²) in [6.07, 6.45) is -0.880. The topological polar surface area (TPSA) is 111 Å². The molecule has 0 saturated heterocycles. The first-order valence-electron chi connectivity index (χ1n) is 6.10. The normalized spacial score (nSPS) is 9.62. The van der Waals surface area contributed by atoms with Crippen LogP contribution in [0.2, 0.25) is 0 Å². The zero-order valence-corrected chi connectivity index (χ0v) is 11.3. The van der Waals surface area contributed by atoms with Crippen molar-refractivity contribution in [1.29, 1.82) is 0 Å². The molecule has 0 spiro atoms. The van der Waals surface area contributed by atoms with Gasteiger partial charge in [0.2, 0.25) is 0 Å². The molecule has 21 heavy (non-hydrogen) atoms. The summed E-state index contributed by atoms with van der Waals surface area (Å²) in [4.78, 5) is 38.4. The van der Waals surface area contributed by atoms with E-state index in [1.54, 1.807) is 6.92 Å². The van der Waals surface area contributed by atoms with Crippen molar-refractivity contribution in [3.63, 3.8) is 0 Å². The number of carbonyl (C=O) groups is 3. The van der Waals surface area contributed by atoms with Crippen molar-refractivity contribution >= 4 is 18.0 Å². The number of carbonyl (C=O) groups excluding carboxylic acids is 3. The highest BCUT2D eigenvalue weighted by Crippen LogP contribution is 2.07. The van der Waals surface area contributed by atoms with Crippen LogP contribution in [-0.2, 0) is 14.3 Å². The Labute approximate surface area is 120 Å². The van der Waals surface area contributed by atoms with Gasteiger partial charge in [-0.15, -0.1) is 5.48 Å². The fraction of sp³-hybridized carbons (Fsp3) is 0.308. The lowest BCUT2D eigenvalue weighted by atomic mass is 10.1. The highest BCUT2D eigenvalue weighted by atomic mass is 16.7. The summed E-state index contributed by atoms with van der Waals surface area (Å²) < 4.78 is 9.21. The van der Waals surface area contributed by atoms with Crippen LogP contribution in [0.4, 0.5) is 4.79 Å². The van der Waals surface area contributed by atoms with Gasteiger partial charge in [0.05, 0.1) is 24.3 Å². The number of hydrogen-bond acceptors (Lipinski definition) is 7. The van der Waals surface area contributed by atoms with Gasteiger partial charge in [0, 0.05) is 0 Å². The molecule has 0 aliphatic heterocycles. The Morgan fingerprint density at radius 2 is 1.62 bits per heavy atom. The summed E-state index contributed by atoms with van der Waals surface area (Å²) in [5.74, 6) is -1.42. The van der Waals surface area contributed by atoms with Crippen molar-refractivity contribution in [3.8, 4) is 0 Å². The average molecular weight is 297 g/mol. The largest absolute Gasteiger partial charge is 0.460 e. The van der Waals surface area contributed by atoms with Crippen molar-refractivity contribution in [2.45, 2.75) is 6.92 Å². The Hall–Kier alpha value is -2.61. The van der Waals surface area contributed by atoms with Gasteiger partial charge < -0.3 is 19.4 Å². The Morgan fingerprint density at radius 3 is 2.14 bits per heavy atom. The fourth-order valence-electron chi connectivity index (χ4n) is 1.27. The minimum Gasteiger partial charge on any atom is -0.460 e. The van der Waals surface area contributed by atoms with Crippen LogP contribution in [0.3, 0.4) is 0 Å². The van der Waals surface area contributed by atoms with E-state index in [1.807, 2.05) is 5.48 Å². The molecule has 2 N–H and O–H groups in total. The molecular weight excluding hydrogens is 282 g/mol. The average Bonchev–Trinajstić information content (AvgIpc) is 2.50. The van der Waals surface area contributed by atoms with Gasteiger partial charge in [-0.3, -0.25) is 0 Å². The molecule has 1 aromatic carbocycles. The summed E-state index contributed by atoms with van der Waals surface area (Å²) in [7, 11) is 0. The summed E-state index contributed by atoms with van der Waals surface area (Å²) in [6.45, 7) is 1.38. The number of nitrogens with one attached hydrogen (secondary N) is 1. The van der Waals surface area contributed by atoms with E-state index in [0.717, 1.165) is 0 Å². The highest BCUT2D eigenvalue weighted by molar-refractivity contribution is 5.93. The minimum atomic E-state index is -0.880. The first-order chi connectivity index (χ1) is 10.1. The smallest absolute Gasteiger partial charge is 0.440 e. The molecule has 0 aromatic heterocycles. The van der Waals surface area contributed by atoms with Crippen LogP contribution >= 0.6 is 0 Å². The monoisotopic (exact) mass is 297 g/mol. The van der Waals surface area contributed by atoms with E-state index >= 15 is 0 Å². The van der Waals surface area contributed by atoms with Crippen molar-refractivity contribution in [1.82, 2.24) is 5.48 Å². The van der Waals surface area contributed by atoms with Crippen molar-refractivity contribution in [2.75, 3.05) is 19.8 Å². The third kappa shape index (κ3) is 5.49. The first kappa shape index (κ1) is 16.4. The third-order valence-corrected chi connectivity index (χ3v) is 2.18. The van der Waals surface area contributed by atoms with Crippen LogP contribution in [0.25, 0.3) is 0 Å². The molecule has 0 saturated carbocycles. The molecule has 0 bridgehead atoms. The van der Waals surface area contributed by atoms with Gasteiger partial charge in [0.1, 0.15) is 6.61 Å². The lowest BCUT2D eigenvalue weighted by molar-refractivity contribution is 0.0215. The second-order valence-corrected chi connectivity index (χ2v) is 3.65. The van der Waals surface area contributed by atoms with E-state index in [9.17, 15) is 14.4 Å². The van der Waals surface area contributed by atoms with Crippen LogP contribution in [0.1, 0.15) is 27.6 Å². The molecule has 0 unspecified atom stereocenters. The van der Waals surface area contributed by atoms with Gasteiger partial charge >= 0.3 is 18.0 Å². The zero-order chi connectivity index (χ0) is 15.7. The molecule has 0 fully saturated rings. The van der Waals surface area contributed by atoms with Gasteiger partial charge in [-0.25, -0.2) is 14.4 Å². The molecular formula is C13H15NO7. The molecule has 0 aliphatic carbocycles. The Balaban J connectivity index is 2.55. The number of ether oxygens (including phenoxy) is 2. The molecule has 114 valence electrons. The number of aliphatic hydroxyl groups is 1. The quantitative estimate of drug-likeness (QED) is 0.466. The van der Waals surface area contributed by atoms with Crippen LogP contribution in [0.5, 0.6) is 0 Å². The summed E-state index contributed by atoms with van der Waals surface area (Å²) in [6, 6.07) is 5.40. The maximum absolute atomic E-state index is 11.6. The van der Waals surface area contributed by atoms with Gasteiger partial charge in [-0.05, 0) is 31.2 Å². The predicted octanol–water partition coefficient (Wildman–Crippen LogP) is 0.654. The molecule has 1 rings (SSSR count). The van der Waals surface area contributed by atoms with Crippen molar-refractivity contribution < 1.29 is 33.8 Å². The van der Waals surface area contributed by atoms with Gasteiger partial charge in [-0.2, -0.15) is 0 Å². The molecule has 1 aromatic rings. The van der Waals surface area contributed by atoms with Crippen molar-refractivity contribution in [2.24, 2.45) is 0 Å². The van der Waals surface area contributed by atoms with Crippen LogP contribution in [0, 0.1) is 0 Å². The van der Waals surface area contributed by atoms with E-state index in [0.29, 0.717) is 0 Å². The summed E-state index contributed by atoms with van der Waals surface area (Å²) in [5.41, 5.74) is 2.17. The lowest BCUT2D eigenvalue weighted by Crippen LogP contribution is -2.27. The first-order valence-corrected chi connectivity index (χ1v) is 6.10. The Bertz CT molecular complexity index is 498. The summed E-state index contributed by atoms with van der Waals surface area (Å²) in [5, 5.41) is 8.54.